The van der Waals surface area contributed by atoms with Crippen molar-refractivity contribution in [2.24, 2.45) is 4.99 Å². The molecule has 0 aliphatic heterocycles. The van der Waals surface area contributed by atoms with E-state index in [0.29, 0.717) is 19.8 Å². The first-order valence-corrected chi connectivity index (χ1v) is 10.8. The molecule has 28 heavy (non-hydrogen) atoms. The predicted molar refractivity (Wildman–Crippen MR) is 130 cm³/mol. The van der Waals surface area contributed by atoms with Gasteiger partial charge in [-0.25, -0.2) is 4.98 Å². The topological polar surface area (TPSA) is 67.8 Å². The van der Waals surface area contributed by atoms with Crippen LogP contribution >= 0.6 is 47.1 Å². The number of nitrogens with one attached hydrogen (secondary N) is 2. The number of aromatic nitrogens is 1. The molecular formula is C19H29IN4O2S2. The SMILES string of the molecule is CN=C(NCCCSc1nccs1)NCc1ccc(C)cc1OCCOC.I. The number of guanidine groups is 1. The lowest BCUT2D eigenvalue weighted by Gasteiger charge is -2.15. The van der Waals surface area contributed by atoms with Gasteiger partial charge in [-0.15, -0.1) is 35.3 Å². The van der Waals surface area contributed by atoms with E-state index in [0.717, 1.165) is 40.3 Å². The van der Waals surface area contributed by atoms with Crippen molar-refractivity contribution in [3.63, 3.8) is 0 Å². The molecule has 2 aromatic rings. The van der Waals surface area contributed by atoms with Crippen LogP contribution in [-0.2, 0) is 11.3 Å². The number of benzene rings is 1. The highest BCUT2D eigenvalue weighted by atomic mass is 127. The number of ether oxygens (including phenoxy) is 2. The average Bonchev–Trinajstić information content (AvgIpc) is 3.19. The number of halogens is 1. The summed E-state index contributed by atoms with van der Waals surface area (Å²) in [7, 11) is 3.46. The lowest BCUT2D eigenvalue weighted by molar-refractivity contribution is 0.145. The Morgan fingerprint density at radius 3 is 2.86 bits per heavy atom. The van der Waals surface area contributed by atoms with Crippen molar-refractivity contribution in [2.75, 3.05) is 39.7 Å². The third kappa shape index (κ3) is 9.44. The third-order valence-electron chi connectivity index (χ3n) is 3.69. The lowest BCUT2D eigenvalue weighted by atomic mass is 10.1. The number of aliphatic imine (C=N–C) groups is 1. The Morgan fingerprint density at radius 1 is 1.29 bits per heavy atom. The standard InChI is InChI=1S/C19H28N4O2S2.HI/c1-15-5-6-16(17(13-15)25-10-9-24-3)14-23-18(20-2)21-7-4-11-26-19-22-8-12-27-19;/h5-6,8,12-13H,4,7,9-11,14H2,1-3H3,(H2,20,21,23);1H. The largest absolute Gasteiger partial charge is 0.491 e. The molecule has 0 radical (unpaired) electrons. The summed E-state index contributed by atoms with van der Waals surface area (Å²) in [5.74, 6) is 2.71. The number of thiazole rings is 1. The molecule has 0 aliphatic rings. The average molecular weight is 537 g/mol. The van der Waals surface area contributed by atoms with Gasteiger partial charge < -0.3 is 20.1 Å². The molecule has 0 atom stereocenters. The molecule has 0 aliphatic carbocycles. The summed E-state index contributed by atoms with van der Waals surface area (Å²) in [6, 6.07) is 6.23. The maximum Gasteiger partial charge on any atom is 0.191 e. The number of thioether (sulfide) groups is 1. The Hall–Kier alpha value is -1.04. The predicted octanol–water partition coefficient (Wildman–Crippen LogP) is 3.94. The van der Waals surface area contributed by atoms with Gasteiger partial charge in [0.05, 0.1) is 6.61 Å². The molecule has 1 aromatic carbocycles. The third-order valence-corrected chi connectivity index (χ3v) is 5.74. The summed E-state index contributed by atoms with van der Waals surface area (Å²) in [5.41, 5.74) is 2.27. The summed E-state index contributed by atoms with van der Waals surface area (Å²) >= 11 is 3.47. The van der Waals surface area contributed by atoms with E-state index in [1.165, 1.54) is 5.56 Å². The zero-order chi connectivity index (χ0) is 19.3. The fourth-order valence-electron chi connectivity index (χ4n) is 2.30. The normalized spacial score (nSPS) is 11.0. The first-order chi connectivity index (χ1) is 13.2. The number of aryl methyl sites for hydroxylation is 1. The van der Waals surface area contributed by atoms with Gasteiger partial charge >= 0.3 is 0 Å². The molecule has 0 fully saturated rings. The highest BCUT2D eigenvalue weighted by Crippen LogP contribution is 2.21. The van der Waals surface area contributed by atoms with Crippen LogP contribution in [0.25, 0.3) is 0 Å². The molecule has 2 rings (SSSR count). The van der Waals surface area contributed by atoms with E-state index in [-0.39, 0.29) is 24.0 Å². The van der Waals surface area contributed by atoms with Crippen LogP contribution in [0, 0.1) is 6.92 Å². The summed E-state index contributed by atoms with van der Waals surface area (Å²) in [6.45, 7) is 4.68. The zero-order valence-electron chi connectivity index (χ0n) is 16.6. The number of rotatable bonds is 11. The monoisotopic (exact) mass is 536 g/mol. The van der Waals surface area contributed by atoms with Crippen LogP contribution in [0.4, 0.5) is 0 Å². The van der Waals surface area contributed by atoms with Crippen molar-refractivity contribution >= 4 is 53.0 Å². The van der Waals surface area contributed by atoms with E-state index < -0.39 is 0 Å². The zero-order valence-corrected chi connectivity index (χ0v) is 20.5. The van der Waals surface area contributed by atoms with Gasteiger partial charge in [-0.2, -0.15) is 0 Å². The summed E-state index contributed by atoms with van der Waals surface area (Å²) in [4.78, 5) is 8.56. The van der Waals surface area contributed by atoms with E-state index in [1.54, 1.807) is 37.3 Å². The molecule has 0 saturated carbocycles. The Balaban J connectivity index is 0.00000392. The number of hydrogen-bond acceptors (Lipinski definition) is 6. The first kappa shape index (κ1) is 25.0. The number of nitrogens with zero attached hydrogens (tertiary/aromatic N) is 2. The van der Waals surface area contributed by atoms with E-state index in [1.807, 2.05) is 11.6 Å². The smallest absolute Gasteiger partial charge is 0.191 e. The second kappa shape index (κ2) is 14.9. The molecule has 1 heterocycles. The van der Waals surface area contributed by atoms with Crippen molar-refractivity contribution in [1.29, 1.82) is 0 Å². The molecule has 156 valence electrons. The van der Waals surface area contributed by atoms with E-state index in [9.17, 15) is 0 Å². The maximum atomic E-state index is 5.84. The Kier molecular flexibility index (Phi) is 13.3. The molecule has 0 spiro atoms. The lowest BCUT2D eigenvalue weighted by Crippen LogP contribution is -2.37. The number of hydrogen-bond donors (Lipinski definition) is 2. The van der Waals surface area contributed by atoms with Gasteiger partial charge in [0.1, 0.15) is 16.7 Å². The van der Waals surface area contributed by atoms with Gasteiger partial charge in [0.15, 0.2) is 5.96 Å². The van der Waals surface area contributed by atoms with Gasteiger partial charge in [-0.05, 0) is 25.0 Å². The molecule has 1 aromatic heterocycles. The van der Waals surface area contributed by atoms with Gasteiger partial charge in [-0.1, -0.05) is 23.9 Å². The van der Waals surface area contributed by atoms with Crippen LogP contribution in [0.5, 0.6) is 5.75 Å². The van der Waals surface area contributed by atoms with Crippen molar-refractivity contribution in [2.45, 2.75) is 24.2 Å². The molecule has 0 unspecified atom stereocenters. The van der Waals surface area contributed by atoms with Gasteiger partial charge in [0, 0.05) is 50.1 Å². The van der Waals surface area contributed by atoms with E-state index in [2.05, 4.69) is 45.7 Å². The second-order valence-corrected chi connectivity index (χ2v) is 8.04. The molecular weight excluding hydrogens is 507 g/mol. The van der Waals surface area contributed by atoms with Crippen molar-refractivity contribution in [3.8, 4) is 5.75 Å². The van der Waals surface area contributed by atoms with Crippen molar-refractivity contribution in [3.05, 3.63) is 40.9 Å². The van der Waals surface area contributed by atoms with Crippen LogP contribution in [-0.4, -0.2) is 50.6 Å². The van der Waals surface area contributed by atoms with Crippen LogP contribution in [0.2, 0.25) is 0 Å². The fraction of sp³-hybridized carbons (Fsp3) is 0.474. The molecule has 2 N–H and O–H groups in total. The minimum absolute atomic E-state index is 0. The van der Waals surface area contributed by atoms with Gasteiger partial charge in [-0.3, -0.25) is 4.99 Å². The summed E-state index contributed by atoms with van der Waals surface area (Å²) in [6.07, 6.45) is 2.89. The highest BCUT2D eigenvalue weighted by Gasteiger charge is 2.06. The Bertz CT molecular complexity index is 699. The van der Waals surface area contributed by atoms with Crippen LogP contribution in [0.15, 0.2) is 39.1 Å². The number of methoxy groups -OCH3 is 1. The second-order valence-electron chi connectivity index (χ2n) is 5.81. The van der Waals surface area contributed by atoms with E-state index in [4.69, 9.17) is 9.47 Å². The maximum absolute atomic E-state index is 5.84. The van der Waals surface area contributed by atoms with Crippen LogP contribution < -0.4 is 15.4 Å². The van der Waals surface area contributed by atoms with Crippen LogP contribution in [0.1, 0.15) is 17.5 Å². The fourth-order valence-corrected chi connectivity index (χ4v) is 3.94. The minimum Gasteiger partial charge on any atom is -0.491 e. The summed E-state index contributed by atoms with van der Waals surface area (Å²) in [5, 5.41) is 8.71. The van der Waals surface area contributed by atoms with E-state index >= 15 is 0 Å². The van der Waals surface area contributed by atoms with Crippen LogP contribution in [0.3, 0.4) is 0 Å². The molecule has 9 heteroatoms. The molecule has 0 amide bonds. The van der Waals surface area contributed by atoms with Crippen molar-refractivity contribution in [1.82, 2.24) is 15.6 Å². The quantitative estimate of drug-likeness (QED) is 0.149. The van der Waals surface area contributed by atoms with Gasteiger partial charge in [0.2, 0.25) is 0 Å². The highest BCUT2D eigenvalue weighted by molar-refractivity contribution is 14.0. The Morgan fingerprint density at radius 2 is 2.14 bits per heavy atom. The van der Waals surface area contributed by atoms with Gasteiger partial charge in [0.25, 0.3) is 0 Å². The van der Waals surface area contributed by atoms with Crippen molar-refractivity contribution < 1.29 is 9.47 Å². The minimum atomic E-state index is 0. The molecule has 0 bridgehead atoms. The molecule has 6 nitrogen and oxygen atoms in total. The molecule has 0 saturated heterocycles. The summed E-state index contributed by atoms with van der Waals surface area (Å²) < 4.78 is 12.0. The Labute approximate surface area is 192 Å². The first-order valence-electron chi connectivity index (χ1n) is 8.91.